The summed E-state index contributed by atoms with van der Waals surface area (Å²) in [5.74, 6) is 0. The maximum atomic E-state index is 8.90. The summed E-state index contributed by atoms with van der Waals surface area (Å²) in [6, 6.07) is 11.9. The van der Waals surface area contributed by atoms with Gasteiger partial charge in [0.25, 0.3) is 0 Å². The SMILES string of the molecule is COCc1c(C#N)nnn1Cc1ccccc1. The molecule has 0 fully saturated rings. The molecule has 86 valence electrons. The summed E-state index contributed by atoms with van der Waals surface area (Å²) in [6.45, 7) is 0.928. The van der Waals surface area contributed by atoms with Crippen LogP contribution in [0.15, 0.2) is 30.3 Å². The van der Waals surface area contributed by atoms with Gasteiger partial charge in [0.15, 0.2) is 5.69 Å². The average molecular weight is 228 g/mol. The third kappa shape index (κ3) is 2.49. The monoisotopic (exact) mass is 228 g/mol. The number of methoxy groups -OCH3 is 1. The van der Waals surface area contributed by atoms with Gasteiger partial charge in [0, 0.05) is 7.11 Å². The standard InChI is InChI=1S/C12H12N4O/c1-17-9-12-11(7-13)14-15-16(12)8-10-5-3-2-4-6-10/h2-6H,8-9H2,1H3. The molecule has 5 nitrogen and oxygen atoms in total. The maximum Gasteiger partial charge on any atom is 0.188 e. The van der Waals surface area contributed by atoms with Gasteiger partial charge in [-0.3, -0.25) is 0 Å². The van der Waals surface area contributed by atoms with Crippen LogP contribution < -0.4 is 0 Å². The summed E-state index contributed by atoms with van der Waals surface area (Å²) in [5, 5.41) is 16.7. The summed E-state index contributed by atoms with van der Waals surface area (Å²) < 4.78 is 6.75. The van der Waals surface area contributed by atoms with E-state index in [0.29, 0.717) is 24.5 Å². The van der Waals surface area contributed by atoms with E-state index in [0.717, 1.165) is 5.56 Å². The molecule has 1 aromatic carbocycles. The van der Waals surface area contributed by atoms with Crippen LogP contribution in [-0.4, -0.2) is 22.1 Å². The van der Waals surface area contributed by atoms with Gasteiger partial charge in [-0.1, -0.05) is 35.5 Å². The molecule has 0 saturated heterocycles. The minimum Gasteiger partial charge on any atom is -0.378 e. The highest BCUT2D eigenvalue weighted by molar-refractivity contribution is 5.25. The predicted octanol–water partition coefficient (Wildman–Crippen LogP) is 1.34. The molecule has 1 aromatic heterocycles. The van der Waals surface area contributed by atoms with Crippen molar-refractivity contribution >= 4 is 0 Å². The van der Waals surface area contributed by atoms with Gasteiger partial charge in [-0.2, -0.15) is 5.26 Å². The molecule has 17 heavy (non-hydrogen) atoms. The van der Waals surface area contributed by atoms with Crippen molar-refractivity contribution in [1.29, 1.82) is 5.26 Å². The van der Waals surface area contributed by atoms with Crippen molar-refractivity contribution in [3.05, 3.63) is 47.3 Å². The molecule has 2 rings (SSSR count). The number of aromatic nitrogens is 3. The van der Waals surface area contributed by atoms with E-state index >= 15 is 0 Å². The van der Waals surface area contributed by atoms with Crippen molar-refractivity contribution < 1.29 is 4.74 Å². The Kier molecular flexibility index (Phi) is 3.48. The van der Waals surface area contributed by atoms with E-state index in [1.54, 1.807) is 11.8 Å². The first-order valence-electron chi connectivity index (χ1n) is 5.20. The lowest BCUT2D eigenvalue weighted by Gasteiger charge is -2.05. The van der Waals surface area contributed by atoms with Crippen LogP contribution in [0.4, 0.5) is 0 Å². The van der Waals surface area contributed by atoms with E-state index in [1.165, 1.54) is 0 Å². The number of nitriles is 1. The van der Waals surface area contributed by atoms with Gasteiger partial charge in [0.05, 0.1) is 13.2 Å². The largest absolute Gasteiger partial charge is 0.378 e. The second-order valence-electron chi connectivity index (χ2n) is 3.57. The van der Waals surface area contributed by atoms with E-state index in [2.05, 4.69) is 10.3 Å². The van der Waals surface area contributed by atoms with E-state index < -0.39 is 0 Å². The van der Waals surface area contributed by atoms with Crippen molar-refractivity contribution in [2.75, 3.05) is 7.11 Å². The zero-order valence-electron chi connectivity index (χ0n) is 9.50. The van der Waals surface area contributed by atoms with E-state index in [9.17, 15) is 0 Å². The minimum atomic E-state index is 0.322. The van der Waals surface area contributed by atoms with Crippen LogP contribution in [0.1, 0.15) is 17.0 Å². The van der Waals surface area contributed by atoms with Crippen molar-refractivity contribution in [3.8, 4) is 6.07 Å². The Morgan fingerprint density at radius 3 is 2.76 bits per heavy atom. The first kappa shape index (κ1) is 11.3. The van der Waals surface area contributed by atoms with E-state index in [1.807, 2.05) is 36.4 Å². The fraction of sp³-hybridized carbons (Fsp3) is 0.250. The molecule has 0 bridgehead atoms. The molecule has 1 heterocycles. The highest BCUT2D eigenvalue weighted by atomic mass is 16.5. The van der Waals surface area contributed by atoms with Crippen LogP contribution in [-0.2, 0) is 17.9 Å². The zero-order valence-corrected chi connectivity index (χ0v) is 9.50. The minimum absolute atomic E-state index is 0.322. The molecular formula is C12H12N4O. The fourth-order valence-corrected chi connectivity index (χ4v) is 1.58. The number of benzene rings is 1. The van der Waals surface area contributed by atoms with Crippen molar-refractivity contribution in [1.82, 2.24) is 15.0 Å². The van der Waals surface area contributed by atoms with Gasteiger partial charge in [-0.25, -0.2) is 4.68 Å². The molecule has 0 unspecified atom stereocenters. The van der Waals surface area contributed by atoms with Crippen LogP contribution in [0, 0.1) is 11.3 Å². The van der Waals surface area contributed by atoms with Gasteiger partial charge in [0.1, 0.15) is 11.8 Å². The van der Waals surface area contributed by atoms with E-state index in [-0.39, 0.29) is 0 Å². The molecule has 2 aromatic rings. The molecule has 0 N–H and O–H groups in total. The second kappa shape index (κ2) is 5.23. The molecule has 0 saturated carbocycles. The number of nitrogens with zero attached hydrogens (tertiary/aromatic N) is 4. The Labute approximate surface area is 99.2 Å². The Hall–Kier alpha value is -2.19. The lowest BCUT2D eigenvalue weighted by molar-refractivity contribution is 0.177. The third-order valence-corrected chi connectivity index (χ3v) is 2.40. The molecule has 5 heteroatoms. The molecule has 0 amide bonds. The third-order valence-electron chi connectivity index (χ3n) is 2.40. The van der Waals surface area contributed by atoms with Crippen LogP contribution in [0.3, 0.4) is 0 Å². The predicted molar refractivity (Wildman–Crippen MR) is 61.0 cm³/mol. The Morgan fingerprint density at radius 2 is 2.12 bits per heavy atom. The van der Waals surface area contributed by atoms with Gasteiger partial charge in [-0.15, -0.1) is 5.10 Å². The first-order valence-corrected chi connectivity index (χ1v) is 5.20. The maximum absolute atomic E-state index is 8.90. The molecule has 0 aliphatic heterocycles. The lowest BCUT2D eigenvalue weighted by Crippen LogP contribution is -2.07. The Morgan fingerprint density at radius 1 is 1.35 bits per heavy atom. The van der Waals surface area contributed by atoms with Crippen molar-refractivity contribution in [3.63, 3.8) is 0 Å². The van der Waals surface area contributed by atoms with Gasteiger partial charge < -0.3 is 4.74 Å². The average Bonchev–Trinajstić information content (AvgIpc) is 2.74. The number of hydrogen-bond donors (Lipinski definition) is 0. The fourth-order valence-electron chi connectivity index (χ4n) is 1.58. The lowest BCUT2D eigenvalue weighted by atomic mass is 10.2. The summed E-state index contributed by atoms with van der Waals surface area (Å²) in [5.41, 5.74) is 2.14. The molecule has 0 spiro atoms. The smallest absolute Gasteiger partial charge is 0.188 e. The molecule has 0 aliphatic carbocycles. The summed E-state index contributed by atoms with van der Waals surface area (Å²) in [4.78, 5) is 0. The van der Waals surface area contributed by atoms with Crippen LogP contribution in [0.25, 0.3) is 0 Å². The van der Waals surface area contributed by atoms with Crippen LogP contribution in [0.5, 0.6) is 0 Å². The van der Waals surface area contributed by atoms with Crippen molar-refractivity contribution in [2.24, 2.45) is 0 Å². The number of ether oxygens (including phenoxy) is 1. The van der Waals surface area contributed by atoms with Crippen LogP contribution >= 0.6 is 0 Å². The van der Waals surface area contributed by atoms with E-state index in [4.69, 9.17) is 10.00 Å². The number of hydrogen-bond acceptors (Lipinski definition) is 4. The summed E-state index contributed by atoms with van der Waals surface area (Å²) in [6.07, 6.45) is 0. The molecule has 0 aliphatic rings. The first-order chi connectivity index (χ1) is 8.35. The molecular weight excluding hydrogens is 216 g/mol. The second-order valence-corrected chi connectivity index (χ2v) is 3.57. The Balaban J connectivity index is 2.27. The van der Waals surface area contributed by atoms with Gasteiger partial charge >= 0.3 is 0 Å². The quantitative estimate of drug-likeness (QED) is 0.792. The zero-order chi connectivity index (χ0) is 12.1. The molecule has 0 radical (unpaired) electrons. The highest BCUT2D eigenvalue weighted by Crippen LogP contribution is 2.09. The number of rotatable bonds is 4. The van der Waals surface area contributed by atoms with Gasteiger partial charge in [-0.05, 0) is 5.56 Å². The Bertz CT molecular complexity index is 527. The van der Waals surface area contributed by atoms with Gasteiger partial charge in [0.2, 0.25) is 0 Å². The van der Waals surface area contributed by atoms with Crippen LogP contribution in [0.2, 0.25) is 0 Å². The normalized spacial score (nSPS) is 10.1. The molecule has 0 atom stereocenters. The topological polar surface area (TPSA) is 63.7 Å². The van der Waals surface area contributed by atoms with Crippen molar-refractivity contribution in [2.45, 2.75) is 13.2 Å². The summed E-state index contributed by atoms with van der Waals surface area (Å²) in [7, 11) is 1.58. The highest BCUT2D eigenvalue weighted by Gasteiger charge is 2.12. The summed E-state index contributed by atoms with van der Waals surface area (Å²) >= 11 is 0.